The fourth-order valence-electron chi connectivity index (χ4n) is 3.14. The van der Waals surface area contributed by atoms with Crippen LogP contribution in [0.25, 0.3) is 16.8 Å². The molecule has 0 atom stereocenters. The van der Waals surface area contributed by atoms with Crippen LogP contribution in [-0.4, -0.2) is 23.3 Å². The van der Waals surface area contributed by atoms with Gasteiger partial charge in [0.25, 0.3) is 5.91 Å². The van der Waals surface area contributed by atoms with Gasteiger partial charge in [-0.25, -0.2) is 4.79 Å². The molecule has 27 heavy (non-hydrogen) atoms. The van der Waals surface area contributed by atoms with E-state index >= 15 is 0 Å². The van der Waals surface area contributed by atoms with Crippen molar-refractivity contribution >= 4 is 17.6 Å². The molecule has 3 aromatic rings. The number of ether oxygens (including phenoxy) is 1. The Kier molecular flexibility index (Phi) is 4.30. The van der Waals surface area contributed by atoms with Crippen LogP contribution in [0.1, 0.15) is 15.9 Å². The van der Waals surface area contributed by atoms with E-state index in [0.29, 0.717) is 17.0 Å². The molecule has 1 aliphatic heterocycles. The summed E-state index contributed by atoms with van der Waals surface area (Å²) in [7, 11) is 0. The molecule has 132 valence electrons. The maximum atomic E-state index is 12.5. The van der Waals surface area contributed by atoms with Crippen LogP contribution in [0.15, 0.2) is 85.4 Å². The molecule has 1 amide bonds. The first-order chi connectivity index (χ1) is 13.1. The second-order valence-corrected chi connectivity index (χ2v) is 6.25. The van der Waals surface area contributed by atoms with Crippen LogP contribution in [0.2, 0.25) is 0 Å². The van der Waals surface area contributed by atoms with Crippen LogP contribution < -0.4 is 4.74 Å². The summed E-state index contributed by atoms with van der Waals surface area (Å²) in [6.07, 6.45) is 0. The molecule has 1 heterocycles. The van der Waals surface area contributed by atoms with E-state index in [2.05, 4.69) is 6.58 Å². The fraction of sp³-hybridized carbons (Fsp3) is 0.0435. The number of rotatable bonds is 4. The average molecular weight is 355 g/mol. The number of carbonyl (C=O) groups excluding carboxylic acids is 2. The predicted octanol–water partition coefficient (Wildman–Crippen LogP) is 4.39. The van der Waals surface area contributed by atoms with Gasteiger partial charge in [0.15, 0.2) is 0 Å². The molecule has 4 heteroatoms. The molecule has 0 fully saturated rings. The third-order valence-electron chi connectivity index (χ3n) is 4.52. The van der Waals surface area contributed by atoms with Crippen LogP contribution >= 0.6 is 0 Å². The van der Waals surface area contributed by atoms with Gasteiger partial charge >= 0.3 is 5.97 Å². The van der Waals surface area contributed by atoms with Gasteiger partial charge in [0.2, 0.25) is 0 Å². The molecule has 4 nitrogen and oxygen atoms in total. The van der Waals surface area contributed by atoms with Crippen molar-refractivity contribution < 1.29 is 14.3 Å². The van der Waals surface area contributed by atoms with Crippen molar-refractivity contribution in [2.24, 2.45) is 0 Å². The Morgan fingerprint density at radius 1 is 0.815 bits per heavy atom. The van der Waals surface area contributed by atoms with E-state index < -0.39 is 5.97 Å². The molecule has 0 aromatic heterocycles. The summed E-state index contributed by atoms with van der Waals surface area (Å²) >= 11 is 0. The molecule has 0 aliphatic carbocycles. The quantitative estimate of drug-likeness (QED) is 0.515. The van der Waals surface area contributed by atoms with Gasteiger partial charge in [-0.2, -0.15) is 0 Å². The first-order valence-electron chi connectivity index (χ1n) is 8.60. The lowest BCUT2D eigenvalue weighted by atomic mass is 10.1. The molecular weight excluding hydrogens is 338 g/mol. The third-order valence-corrected chi connectivity index (χ3v) is 4.52. The monoisotopic (exact) mass is 355 g/mol. The largest absolute Gasteiger partial charge is 0.425 e. The lowest BCUT2D eigenvalue weighted by Gasteiger charge is -2.16. The van der Waals surface area contributed by atoms with Gasteiger partial charge in [-0.15, -0.1) is 0 Å². The van der Waals surface area contributed by atoms with Gasteiger partial charge in [-0.05, 0) is 29.3 Å². The highest BCUT2D eigenvalue weighted by Crippen LogP contribution is 2.31. The average Bonchev–Trinajstić information content (AvgIpc) is 2.94. The first-order valence-corrected chi connectivity index (χ1v) is 8.60. The standard InChI is InChI=1S/C23H17NO3/c1-16-20-9-5-6-10-21(20)23(26)24(16)15-22(25)27-19-13-11-18(12-14-19)17-7-3-2-4-8-17/h2-14H,1,15H2. The third kappa shape index (κ3) is 3.25. The Labute approximate surface area is 157 Å². The Hall–Kier alpha value is -3.66. The van der Waals surface area contributed by atoms with Gasteiger partial charge in [0.05, 0.1) is 0 Å². The van der Waals surface area contributed by atoms with Gasteiger partial charge in [-0.1, -0.05) is 67.2 Å². The zero-order valence-corrected chi connectivity index (χ0v) is 14.6. The summed E-state index contributed by atoms with van der Waals surface area (Å²) < 4.78 is 5.39. The molecule has 0 bridgehead atoms. The number of carbonyl (C=O) groups is 2. The number of benzene rings is 3. The first kappa shape index (κ1) is 16.8. The van der Waals surface area contributed by atoms with E-state index in [1.165, 1.54) is 4.90 Å². The van der Waals surface area contributed by atoms with E-state index in [-0.39, 0.29) is 12.5 Å². The van der Waals surface area contributed by atoms with Crippen molar-refractivity contribution in [3.05, 3.63) is 96.6 Å². The van der Waals surface area contributed by atoms with E-state index in [1.54, 1.807) is 24.3 Å². The van der Waals surface area contributed by atoms with Crippen molar-refractivity contribution in [3.8, 4) is 16.9 Å². The van der Waals surface area contributed by atoms with E-state index in [9.17, 15) is 9.59 Å². The lowest BCUT2D eigenvalue weighted by Crippen LogP contribution is -2.31. The van der Waals surface area contributed by atoms with Crippen LogP contribution in [-0.2, 0) is 4.79 Å². The summed E-state index contributed by atoms with van der Waals surface area (Å²) in [5.74, 6) is -0.300. The molecule has 3 aromatic carbocycles. The SMILES string of the molecule is C=C1c2ccccc2C(=O)N1CC(=O)Oc1ccc(-c2ccccc2)cc1. The number of hydrogen-bond donors (Lipinski definition) is 0. The summed E-state index contributed by atoms with van der Waals surface area (Å²) in [6.45, 7) is 3.76. The minimum atomic E-state index is -0.509. The molecule has 0 N–H and O–H groups in total. The second kappa shape index (κ2) is 6.92. The van der Waals surface area contributed by atoms with E-state index in [4.69, 9.17) is 4.74 Å². The summed E-state index contributed by atoms with van der Waals surface area (Å²) in [5, 5.41) is 0. The van der Waals surface area contributed by atoms with Crippen molar-refractivity contribution in [1.29, 1.82) is 0 Å². The molecular formula is C23H17NO3. The van der Waals surface area contributed by atoms with Crippen molar-refractivity contribution in [1.82, 2.24) is 4.90 Å². The zero-order chi connectivity index (χ0) is 18.8. The van der Waals surface area contributed by atoms with Crippen LogP contribution in [0.3, 0.4) is 0 Å². The molecule has 0 saturated carbocycles. The highest BCUT2D eigenvalue weighted by Gasteiger charge is 2.32. The molecule has 4 rings (SSSR count). The second-order valence-electron chi connectivity index (χ2n) is 6.25. The molecule has 0 saturated heterocycles. The maximum absolute atomic E-state index is 12.5. The van der Waals surface area contributed by atoms with Crippen LogP contribution in [0, 0.1) is 0 Å². The molecule has 0 radical (unpaired) electrons. The summed E-state index contributed by atoms with van der Waals surface area (Å²) in [5.41, 5.74) is 3.96. The smallest absolute Gasteiger partial charge is 0.331 e. The van der Waals surface area contributed by atoms with Crippen molar-refractivity contribution in [2.45, 2.75) is 0 Å². The minimum Gasteiger partial charge on any atom is -0.425 e. The Bertz CT molecular complexity index is 988. The summed E-state index contributed by atoms with van der Waals surface area (Å²) in [4.78, 5) is 26.1. The normalized spacial score (nSPS) is 12.8. The van der Waals surface area contributed by atoms with Gasteiger partial charge in [0, 0.05) is 16.8 Å². The van der Waals surface area contributed by atoms with E-state index in [1.807, 2.05) is 54.6 Å². The summed E-state index contributed by atoms with van der Waals surface area (Å²) in [6, 6.07) is 24.4. The molecule has 0 unspecified atom stereocenters. The van der Waals surface area contributed by atoms with Gasteiger partial charge in [-0.3, -0.25) is 9.69 Å². The predicted molar refractivity (Wildman–Crippen MR) is 104 cm³/mol. The molecule has 0 spiro atoms. The van der Waals surface area contributed by atoms with Crippen molar-refractivity contribution in [2.75, 3.05) is 6.54 Å². The maximum Gasteiger partial charge on any atom is 0.331 e. The lowest BCUT2D eigenvalue weighted by molar-refractivity contribution is -0.134. The van der Waals surface area contributed by atoms with Crippen molar-refractivity contribution in [3.63, 3.8) is 0 Å². The number of nitrogens with zero attached hydrogens (tertiary/aromatic N) is 1. The number of hydrogen-bond acceptors (Lipinski definition) is 3. The zero-order valence-electron chi connectivity index (χ0n) is 14.6. The topological polar surface area (TPSA) is 46.6 Å². The Morgan fingerprint density at radius 2 is 1.41 bits per heavy atom. The van der Waals surface area contributed by atoms with Gasteiger partial charge < -0.3 is 4.74 Å². The number of esters is 1. The number of amides is 1. The number of fused-ring (bicyclic) bond motifs is 1. The minimum absolute atomic E-state index is 0.174. The van der Waals surface area contributed by atoms with Crippen LogP contribution in [0.5, 0.6) is 5.75 Å². The highest BCUT2D eigenvalue weighted by molar-refractivity contribution is 6.10. The molecule has 1 aliphatic rings. The van der Waals surface area contributed by atoms with E-state index in [0.717, 1.165) is 16.7 Å². The van der Waals surface area contributed by atoms with Crippen LogP contribution in [0.4, 0.5) is 0 Å². The van der Waals surface area contributed by atoms with Gasteiger partial charge in [0.1, 0.15) is 12.3 Å². The Morgan fingerprint density at radius 3 is 2.07 bits per heavy atom. The Balaban J connectivity index is 1.43. The fourth-order valence-corrected chi connectivity index (χ4v) is 3.14. The highest BCUT2D eigenvalue weighted by atomic mass is 16.5.